The number of rotatable bonds is 4. The number of hydrogen-bond donors (Lipinski definition) is 0. The number of fused-ring (bicyclic) bond motifs is 11. The van der Waals surface area contributed by atoms with Gasteiger partial charge in [-0.1, -0.05) is 161 Å². The third kappa shape index (κ3) is 4.96. The molecule has 1 spiro atoms. The van der Waals surface area contributed by atoms with Crippen molar-refractivity contribution < 1.29 is 0 Å². The van der Waals surface area contributed by atoms with Crippen molar-refractivity contribution in [1.29, 1.82) is 0 Å². The van der Waals surface area contributed by atoms with E-state index >= 15 is 0 Å². The first-order valence-corrected chi connectivity index (χ1v) is 21.7. The topological polar surface area (TPSA) is 25.8 Å². The molecule has 3 aliphatic rings. The Hall–Kier alpha value is -6.16. The summed E-state index contributed by atoms with van der Waals surface area (Å²) >= 11 is 1.74. The molecular formula is C55H42N2S. The Labute approximate surface area is 343 Å². The van der Waals surface area contributed by atoms with E-state index in [2.05, 4.69) is 172 Å². The maximum Gasteiger partial charge on any atom is 0.161 e. The van der Waals surface area contributed by atoms with Crippen LogP contribution >= 0.6 is 11.3 Å². The number of aromatic nitrogens is 2. The third-order valence-corrected chi connectivity index (χ3v) is 14.8. The Balaban J connectivity index is 0.907. The van der Waals surface area contributed by atoms with Crippen molar-refractivity contribution in [2.24, 2.45) is 0 Å². The summed E-state index contributed by atoms with van der Waals surface area (Å²) in [6.45, 7) is 4.83. The van der Waals surface area contributed by atoms with E-state index in [1.807, 2.05) is 0 Å². The van der Waals surface area contributed by atoms with Gasteiger partial charge in [0.25, 0.3) is 0 Å². The molecule has 3 aliphatic carbocycles. The van der Waals surface area contributed by atoms with Crippen LogP contribution in [0.3, 0.4) is 0 Å². The van der Waals surface area contributed by atoms with E-state index < -0.39 is 0 Å². The van der Waals surface area contributed by atoms with Gasteiger partial charge >= 0.3 is 0 Å². The predicted octanol–water partition coefficient (Wildman–Crippen LogP) is 15.0. The third-order valence-electron chi connectivity index (χ3n) is 13.7. The summed E-state index contributed by atoms with van der Waals surface area (Å²) in [6.07, 6.45) is 6.47. The fourth-order valence-corrected chi connectivity index (χ4v) is 11.9. The maximum atomic E-state index is 5.22. The number of benzene rings is 7. The molecule has 9 aromatic rings. The van der Waals surface area contributed by atoms with Crippen LogP contribution in [0.5, 0.6) is 0 Å². The van der Waals surface area contributed by atoms with Crippen LogP contribution in [0.15, 0.2) is 158 Å². The van der Waals surface area contributed by atoms with E-state index in [1.165, 1.54) is 97.8 Å². The summed E-state index contributed by atoms with van der Waals surface area (Å²) in [4.78, 5) is 11.4. The van der Waals surface area contributed by atoms with Gasteiger partial charge in [-0.3, -0.25) is 0 Å². The molecule has 58 heavy (non-hydrogen) atoms. The maximum absolute atomic E-state index is 5.22. The van der Waals surface area contributed by atoms with E-state index in [0.717, 1.165) is 32.9 Å². The lowest BCUT2D eigenvalue weighted by atomic mass is 9.67. The molecule has 2 nitrogen and oxygen atoms in total. The minimum atomic E-state index is -0.0633. The quantitative estimate of drug-likeness (QED) is 0.178. The van der Waals surface area contributed by atoms with Crippen LogP contribution in [0.4, 0.5) is 0 Å². The summed E-state index contributed by atoms with van der Waals surface area (Å²) < 4.78 is 1.23. The Morgan fingerprint density at radius 2 is 1.09 bits per heavy atom. The van der Waals surface area contributed by atoms with Gasteiger partial charge in [0, 0.05) is 37.4 Å². The van der Waals surface area contributed by atoms with Crippen molar-refractivity contribution >= 4 is 31.6 Å². The second-order valence-corrected chi connectivity index (χ2v) is 18.2. The van der Waals surface area contributed by atoms with Gasteiger partial charge in [0.2, 0.25) is 0 Å². The molecule has 1 fully saturated rings. The minimum absolute atomic E-state index is 0.0633. The highest BCUT2D eigenvalue weighted by molar-refractivity contribution is 7.25. The molecule has 7 aromatic carbocycles. The summed E-state index contributed by atoms with van der Waals surface area (Å²) in [5.74, 6) is 0.753. The fraction of sp³-hybridized carbons (Fsp3) is 0.164. The fourth-order valence-electron chi connectivity index (χ4n) is 10.8. The first-order chi connectivity index (χ1) is 28.5. The van der Waals surface area contributed by atoms with Crippen LogP contribution in [-0.2, 0) is 10.8 Å². The average Bonchev–Trinajstić information content (AvgIpc) is 3.86. The molecule has 3 heteroatoms. The smallest absolute Gasteiger partial charge is 0.161 e. The van der Waals surface area contributed by atoms with Crippen LogP contribution in [0, 0.1) is 0 Å². The first kappa shape index (κ1) is 33.9. The van der Waals surface area contributed by atoms with Crippen molar-refractivity contribution in [1.82, 2.24) is 9.97 Å². The largest absolute Gasteiger partial charge is 0.227 e. The Kier molecular flexibility index (Phi) is 7.41. The molecule has 278 valence electrons. The molecule has 0 bridgehead atoms. The molecular weight excluding hydrogens is 721 g/mol. The van der Waals surface area contributed by atoms with E-state index in [-0.39, 0.29) is 10.8 Å². The Morgan fingerprint density at radius 1 is 0.448 bits per heavy atom. The van der Waals surface area contributed by atoms with Crippen molar-refractivity contribution in [3.05, 3.63) is 180 Å². The van der Waals surface area contributed by atoms with Gasteiger partial charge in [0.05, 0.1) is 5.69 Å². The first-order valence-electron chi connectivity index (χ1n) is 20.9. The van der Waals surface area contributed by atoms with Gasteiger partial charge in [-0.25, -0.2) is 9.97 Å². The molecule has 1 saturated carbocycles. The second-order valence-electron chi connectivity index (χ2n) is 17.2. The molecule has 0 saturated heterocycles. The molecule has 0 atom stereocenters. The van der Waals surface area contributed by atoms with E-state index in [1.54, 1.807) is 22.5 Å². The van der Waals surface area contributed by atoms with Crippen molar-refractivity contribution in [3.8, 4) is 67.2 Å². The second kappa shape index (κ2) is 12.7. The Morgan fingerprint density at radius 3 is 1.93 bits per heavy atom. The summed E-state index contributed by atoms with van der Waals surface area (Å²) in [5.41, 5.74) is 19.8. The van der Waals surface area contributed by atoms with Gasteiger partial charge < -0.3 is 0 Å². The standard InChI is InChI=1S/C55H42N2S/c1-54(2)45-27-26-39(31-42(45)44-33-48-43(32-47(44)54)40-18-7-9-20-46(40)55(48)28-11-4-12-29-55)38-17-13-16-37(30-38)34-22-24-36(25-23-34)52-56-51(35-14-5-3-6-15-35)50-41-19-8-10-21-49(41)58-53(50)57-52/h3,5-10,13-27,30-33H,4,11-12,28-29H2,1-2H3. The van der Waals surface area contributed by atoms with Gasteiger partial charge in [-0.05, 0) is 110 Å². The normalized spacial score (nSPS) is 15.7. The van der Waals surface area contributed by atoms with Gasteiger partial charge in [0.1, 0.15) is 4.83 Å². The number of nitrogens with zero attached hydrogens (tertiary/aromatic N) is 2. The van der Waals surface area contributed by atoms with E-state index in [9.17, 15) is 0 Å². The van der Waals surface area contributed by atoms with E-state index in [0.29, 0.717) is 0 Å². The van der Waals surface area contributed by atoms with Crippen LogP contribution in [-0.4, -0.2) is 9.97 Å². The lowest BCUT2D eigenvalue weighted by Crippen LogP contribution is -2.28. The molecule has 0 radical (unpaired) electrons. The zero-order valence-corrected chi connectivity index (χ0v) is 33.7. The van der Waals surface area contributed by atoms with Crippen molar-refractivity contribution in [2.75, 3.05) is 0 Å². The zero-order chi connectivity index (χ0) is 38.6. The zero-order valence-electron chi connectivity index (χ0n) is 32.8. The van der Waals surface area contributed by atoms with Crippen LogP contribution < -0.4 is 0 Å². The Bertz CT molecular complexity index is 3110. The summed E-state index contributed by atoms with van der Waals surface area (Å²) in [6, 6.07) is 58.6. The summed E-state index contributed by atoms with van der Waals surface area (Å²) in [5, 5.41) is 2.34. The number of thiophene rings is 1. The highest BCUT2D eigenvalue weighted by Crippen LogP contribution is 2.60. The molecule has 0 unspecified atom stereocenters. The lowest BCUT2D eigenvalue weighted by molar-refractivity contribution is 0.353. The predicted molar refractivity (Wildman–Crippen MR) is 244 cm³/mol. The monoisotopic (exact) mass is 762 g/mol. The molecule has 0 aliphatic heterocycles. The van der Waals surface area contributed by atoms with Crippen molar-refractivity contribution in [3.63, 3.8) is 0 Å². The van der Waals surface area contributed by atoms with Crippen molar-refractivity contribution in [2.45, 2.75) is 56.8 Å². The minimum Gasteiger partial charge on any atom is -0.227 e. The SMILES string of the molecule is CC1(C)c2ccc(-c3cccc(-c4ccc(-c5nc(-c6ccccc6)c6c(n5)sc5ccccc56)cc4)c3)cc2-c2cc3c(cc21)-c1ccccc1C31CCCCC1. The van der Waals surface area contributed by atoms with Gasteiger partial charge in [-0.2, -0.15) is 0 Å². The number of hydrogen-bond acceptors (Lipinski definition) is 3. The van der Waals surface area contributed by atoms with Crippen LogP contribution in [0.25, 0.3) is 87.5 Å². The average molecular weight is 763 g/mol. The molecule has 0 amide bonds. The van der Waals surface area contributed by atoms with E-state index in [4.69, 9.17) is 9.97 Å². The highest BCUT2D eigenvalue weighted by Gasteiger charge is 2.46. The van der Waals surface area contributed by atoms with Crippen LogP contribution in [0.2, 0.25) is 0 Å². The molecule has 0 N–H and O–H groups in total. The summed E-state index contributed by atoms with van der Waals surface area (Å²) in [7, 11) is 0. The molecule has 2 aromatic heterocycles. The lowest BCUT2D eigenvalue weighted by Gasteiger charge is -2.36. The highest BCUT2D eigenvalue weighted by atomic mass is 32.1. The molecule has 2 heterocycles. The molecule has 12 rings (SSSR count). The van der Waals surface area contributed by atoms with Crippen LogP contribution in [0.1, 0.15) is 68.2 Å². The van der Waals surface area contributed by atoms with Gasteiger partial charge in [0.15, 0.2) is 5.82 Å². The van der Waals surface area contributed by atoms with Gasteiger partial charge in [-0.15, -0.1) is 11.3 Å².